The minimum Gasteiger partial charge on any atom is -0.421 e. The van der Waals surface area contributed by atoms with Crippen LogP contribution in [-0.4, -0.2) is 66.8 Å². The molecule has 0 aliphatic carbocycles. The van der Waals surface area contributed by atoms with Crippen molar-refractivity contribution in [1.29, 1.82) is 0 Å². The SMILES string of the molecule is CN(CC(=O)Nc1ccc(N2CCOCC2)cc1)C(=O)CCCc1nnc(-c2ccccc2)o1. The van der Waals surface area contributed by atoms with Gasteiger partial charge in [0.2, 0.25) is 23.6 Å². The fourth-order valence-electron chi connectivity index (χ4n) is 3.71. The van der Waals surface area contributed by atoms with Gasteiger partial charge in [-0.3, -0.25) is 9.59 Å². The van der Waals surface area contributed by atoms with E-state index in [1.807, 2.05) is 54.6 Å². The average molecular weight is 464 g/mol. The molecule has 1 saturated heterocycles. The van der Waals surface area contributed by atoms with E-state index in [0.29, 0.717) is 36.7 Å². The summed E-state index contributed by atoms with van der Waals surface area (Å²) in [4.78, 5) is 28.5. The van der Waals surface area contributed by atoms with Crippen LogP contribution in [0.4, 0.5) is 11.4 Å². The molecule has 0 unspecified atom stereocenters. The summed E-state index contributed by atoms with van der Waals surface area (Å²) in [5.41, 5.74) is 2.66. The number of anilines is 2. The lowest BCUT2D eigenvalue weighted by Gasteiger charge is -2.28. The minimum atomic E-state index is -0.237. The topological polar surface area (TPSA) is 101 Å². The molecule has 1 N–H and O–H groups in total. The maximum Gasteiger partial charge on any atom is 0.247 e. The summed E-state index contributed by atoms with van der Waals surface area (Å²) in [6.45, 7) is 3.16. The van der Waals surface area contributed by atoms with Crippen molar-refractivity contribution in [2.24, 2.45) is 0 Å². The molecule has 2 amide bonds. The molecular weight excluding hydrogens is 434 g/mol. The molecule has 1 aliphatic heterocycles. The van der Waals surface area contributed by atoms with Crippen LogP contribution < -0.4 is 10.2 Å². The second-order valence-electron chi connectivity index (χ2n) is 8.16. The maximum atomic E-state index is 12.4. The molecule has 2 aromatic carbocycles. The van der Waals surface area contributed by atoms with Crippen LogP contribution in [0.25, 0.3) is 11.5 Å². The Morgan fingerprint density at radius 3 is 2.50 bits per heavy atom. The summed E-state index contributed by atoms with van der Waals surface area (Å²) < 4.78 is 11.0. The van der Waals surface area contributed by atoms with Crippen molar-refractivity contribution < 1.29 is 18.7 Å². The van der Waals surface area contributed by atoms with Gasteiger partial charge in [0.1, 0.15) is 0 Å². The van der Waals surface area contributed by atoms with Gasteiger partial charge in [0.15, 0.2) is 0 Å². The molecule has 0 saturated carbocycles. The van der Waals surface area contributed by atoms with E-state index in [2.05, 4.69) is 20.4 Å². The molecule has 0 bridgehead atoms. The van der Waals surface area contributed by atoms with Gasteiger partial charge in [-0.25, -0.2) is 0 Å². The number of hydrogen-bond donors (Lipinski definition) is 1. The number of ether oxygens (including phenoxy) is 1. The van der Waals surface area contributed by atoms with Crippen LogP contribution in [0.3, 0.4) is 0 Å². The van der Waals surface area contributed by atoms with Gasteiger partial charge in [-0.15, -0.1) is 10.2 Å². The summed E-state index contributed by atoms with van der Waals surface area (Å²) in [5, 5.41) is 11.0. The number of benzene rings is 2. The first-order chi connectivity index (χ1) is 16.6. The monoisotopic (exact) mass is 463 g/mol. The molecule has 9 heteroatoms. The lowest BCUT2D eigenvalue weighted by atomic mass is 10.2. The predicted octanol–water partition coefficient (Wildman–Crippen LogP) is 2.99. The fraction of sp³-hybridized carbons (Fsp3) is 0.360. The number of amides is 2. The highest BCUT2D eigenvalue weighted by atomic mass is 16.5. The molecule has 1 aromatic heterocycles. The second-order valence-corrected chi connectivity index (χ2v) is 8.16. The van der Waals surface area contributed by atoms with Gasteiger partial charge in [0.25, 0.3) is 0 Å². The van der Waals surface area contributed by atoms with Gasteiger partial charge in [-0.2, -0.15) is 0 Å². The number of likely N-dealkylation sites (N-methyl/N-ethyl adjacent to an activating group) is 1. The first-order valence-electron chi connectivity index (χ1n) is 11.4. The predicted molar refractivity (Wildman–Crippen MR) is 128 cm³/mol. The number of nitrogens with one attached hydrogen (secondary N) is 1. The highest BCUT2D eigenvalue weighted by Gasteiger charge is 2.15. The van der Waals surface area contributed by atoms with Gasteiger partial charge < -0.3 is 24.3 Å². The van der Waals surface area contributed by atoms with Crippen molar-refractivity contribution in [2.75, 3.05) is 50.1 Å². The lowest BCUT2D eigenvalue weighted by Crippen LogP contribution is -2.36. The van der Waals surface area contributed by atoms with Crippen molar-refractivity contribution in [3.05, 3.63) is 60.5 Å². The molecule has 4 rings (SSSR count). The Labute approximate surface area is 198 Å². The molecule has 0 radical (unpaired) electrons. The number of nitrogens with zero attached hydrogens (tertiary/aromatic N) is 4. The molecule has 2 heterocycles. The summed E-state index contributed by atoms with van der Waals surface area (Å²) in [7, 11) is 1.63. The van der Waals surface area contributed by atoms with Crippen LogP contribution in [0, 0.1) is 0 Å². The van der Waals surface area contributed by atoms with Crippen LogP contribution in [0.1, 0.15) is 18.7 Å². The van der Waals surface area contributed by atoms with Gasteiger partial charge in [0, 0.05) is 49.9 Å². The van der Waals surface area contributed by atoms with Crippen LogP contribution in [0.5, 0.6) is 0 Å². The maximum absolute atomic E-state index is 12.4. The number of carbonyl (C=O) groups excluding carboxylic acids is 2. The van der Waals surface area contributed by atoms with Crippen molar-refractivity contribution in [3.63, 3.8) is 0 Å². The van der Waals surface area contributed by atoms with Crippen molar-refractivity contribution >= 4 is 23.2 Å². The van der Waals surface area contributed by atoms with E-state index in [1.54, 1.807) is 7.05 Å². The largest absolute Gasteiger partial charge is 0.421 e. The molecule has 0 spiro atoms. The zero-order valence-corrected chi connectivity index (χ0v) is 19.3. The number of hydrogen-bond acceptors (Lipinski definition) is 7. The minimum absolute atomic E-state index is 0.0111. The molecule has 178 valence electrons. The second kappa shape index (κ2) is 11.4. The van der Waals surface area contributed by atoms with E-state index >= 15 is 0 Å². The van der Waals surface area contributed by atoms with Crippen molar-refractivity contribution in [3.8, 4) is 11.5 Å². The van der Waals surface area contributed by atoms with E-state index in [4.69, 9.17) is 9.15 Å². The molecule has 3 aromatic rings. The molecule has 1 fully saturated rings. The molecular formula is C25H29N5O4. The van der Waals surface area contributed by atoms with E-state index in [9.17, 15) is 9.59 Å². The molecule has 9 nitrogen and oxygen atoms in total. The zero-order chi connectivity index (χ0) is 23.8. The van der Waals surface area contributed by atoms with Crippen molar-refractivity contribution in [1.82, 2.24) is 15.1 Å². The van der Waals surface area contributed by atoms with Crippen LogP contribution >= 0.6 is 0 Å². The summed E-state index contributed by atoms with van der Waals surface area (Å²) >= 11 is 0. The quantitative estimate of drug-likeness (QED) is 0.521. The Morgan fingerprint density at radius 2 is 1.76 bits per heavy atom. The fourth-order valence-corrected chi connectivity index (χ4v) is 3.71. The van der Waals surface area contributed by atoms with E-state index < -0.39 is 0 Å². The molecule has 1 aliphatic rings. The number of aryl methyl sites for hydroxylation is 1. The van der Waals surface area contributed by atoms with Gasteiger partial charge in [-0.05, 0) is 42.8 Å². The summed E-state index contributed by atoms with van der Waals surface area (Å²) in [6.07, 6.45) is 1.35. The Balaban J connectivity index is 1.18. The first-order valence-corrected chi connectivity index (χ1v) is 11.4. The number of carbonyl (C=O) groups is 2. The molecule has 0 atom stereocenters. The van der Waals surface area contributed by atoms with E-state index in [-0.39, 0.29) is 18.4 Å². The Morgan fingerprint density at radius 1 is 1.03 bits per heavy atom. The van der Waals surface area contributed by atoms with E-state index in [0.717, 1.165) is 37.6 Å². The summed E-state index contributed by atoms with van der Waals surface area (Å²) in [6, 6.07) is 17.3. The lowest BCUT2D eigenvalue weighted by molar-refractivity contribution is -0.133. The Hall–Kier alpha value is -3.72. The average Bonchev–Trinajstić information content (AvgIpc) is 3.34. The van der Waals surface area contributed by atoms with Crippen LogP contribution in [0.2, 0.25) is 0 Å². The smallest absolute Gasteiger partial charge is 0.247 e. The van der Waals surface area contributed by atoms with Gasteiger partial charge in [-0.1, -0.05) is 18.2 Å². The third-order valence-corrected chi connectivity index (χ3v) is 5.60. The number of aromatic nitrogens is 2. The van der Waals surface area contributed by atoms with Crippen LogP contribution in [-0.2, 0) is 20.7 Å². The molecule has 34 heavy (non-hydrogen) atoms. The standard InChI is InChI=1S/C25H29N5O4/c1-29(18-22(31)26-20-10-12-21(13-11-20)30-14-16-33-17-15-30)24(32)9-5-8-23-27-28-25(34-23)19-6-3-2-4-7-19/h2-4,6-7,10-13H,5,8-9,14-18H2,1H3,(H,26,31). The van der Waals surface area contributed by atoms with Crippen LogP contribution in [0.15, 0.2) is 59.0 Å². The normalized spacial score (nSPS) is 13.5. The Kier molecular flexibility index (Phi) is 7.87. The highest BCUT2D eigenvalue weighted by Crippen LogP contribution is 2.19. The van der Waals surface area contributed by atoms with Gasteiger partial charge >= 0.3 is 0 Å². The Bertz CT molecular complexity index is 1080. The zero-order valence-electron chi connectivity index (χ0n) is 19.3. The van der Waals surface area contributed by atoms with Gasteiger partial charge in [0.05, 0.1) is 19.8 Å². The number of rotatable bonds is 9. The third-order valence-electron chi connectivity index (χ3n) is 5.60. The van der Waals surface area contributed by atoms with E-state index in [1.165, 1.54) is 4.90 Å². The van der Waals surface area contributed by atoms with Crippen molar-refractivity contribution in [2.45, 2.75) is 19.3 Å². The number of morpholine rings is 1. The summed E-state index contributed by atoms with van der Waals surface area (Å²) in [5.74, 6) is 0.612. The highest BCUT2D eigenvalue weighted by molar-refractivity contribution is 5.94. The first kappa shape index (κ1) is 23.4. The third kappa shape index (κ3) is 6.41.